The van der Waals surface area contributed by atoms with Crippen LogP contribution in [0.3, 0.4) is 0 Å². The number of hydrogen-bond acceptors (Lipinski definition) is 6. The van der Waals surface area contributed by atoms with E-state index in [4.69, 9.17) is 9.47 Å². The van der Waals surface area contributed by atoms with Crippen LogP contribution in [0, 0.1) is 6.92 Å². The Bertz CT molecular complexity index is 1420. The van der Waals surface area contributed by atoms with Crippen molar-refractivity contribution in [3.8, 4) is 11.5 Å². The van der Waals surface area contributed by atoms with Crippen molar-refractivity contribution in [2.45, 2.75) is 64.1 Å². The lowest BCUT2D eigenvalue weighted by Crippen LogP contribution is -2.53. The van der Waals surface area contributed by atoms with E-state index in [0.29, 0.717) is 23.6 Å². The topological polar surface area (TPSA) is 105 Å². The number of rotatable bonds is 14. The molecular formula is C32H41N3O6S. The number of anilines is 1. The van der Waals surface area contributed by atoms with Crippen molar-refractivity contribution in [2.75, 3.05) is 25.1 Å². The van der Waals surface area contributed by atoms with Crippen molar-refractivity contribution in [2.24, 2.45) is 0 Å². The third-order valence-corrected chi connectivity index (χ3v) is 8.94. The third kappa shape index (κ3) is 8.03. The van der Waals surface area contributed by atoms with Crippen molar-refractivity contribution in [3.05, 3.63) is 83.9 Å². The van der Waals surface area contributed by atoms with Crippen molar-refractivity contribution in [1.82, 2.24) is 10.2 Å². The van der Waals surface area contributed by atoms with E-state index >= 15 is 0 Å². The van der Waals surface area contributed by atoms with E-state index in [0.717, 1.165) is 21.9 Å². The first-order valence-electron chi connectivity index (χ1n) is 14.0. The monoisotopic (exact) mass is 595 g/mol. The number of amides is 2. The smallest absolute Gasteiger partial charge is 0.264 e. The largest absolute Gasteiger partial charge is 0.497 e. The average molecular weight is 596 g/mol. The Kier molecular flexibility index (Phi) is 11.4. The second-order valence-corrected chi connectivity index (χ2v) is 12.0. The predicted octanol–water partition coefficient (Wildman–Crippen LogP) is 4.93. The van der Waals surface area contributed by atoms with Gasteiger partial charge in [-0.25, -0.2) is 8.42 Å². The maximum Gasteiger partial charge on any atom is 0.264 e. The molecule has 0 bridgehead atoms. The molecule has 0 aliphatic heterocycles. The second kappa shape index (κ2) is 14.7. The summed E-state index contributed by atoms with van der Waals surface area (Å²) in [5.41, 5.74) is 2.06. The van der Waals surface area contributed by atoms with Gasteiger partial charge in [-0.15, -0.1) is 0 Å². The molecule has 0 heterocycles. The zero-order valence-electron chi connectivity index (χ0n) is 25.2. The van der Waals surface area contributed by atoms with Gasteiger partial charge in [0.25, 0.3) is 10.0 Å². The van der Waals surface area contributed by atoms with Crippen LogP contribution >= 0.6 is 0 Å². The number of aryl methyl sites for hydroxylation is 1. The summed E-state index contributed by atoms with van der Waals surface area (Å²) in [5.74, 6) is 0.383. The van der Waals surface area contributed by atoms with Crippen LogP contribution in [-0.2, 0) is 26.2 Å². The Labute approximate surface area is 249 Å². The van der Waals surface area contributed by atoms with Crippen LogP contribution in [0.5, 0.6) is 11.5 Å². The van der Waals surface area contributed by atoms with Crippen molar-refractivity contribution in [3.63, 3.8) is 0 Å². The molecule has 3 rings (SSSR count). The molecule has 0 saturated heterocycles. The third-order valence-electron chi connectivity index (χ3n) is 7.15. The van der Waals surface area contributed by atoms with Crippen LogP contribution < -0.4 is 19.1 Å². The quantitative estimate of drug-likeness (QED) is 0.283. The Morgan fingerprint density at radius 2 is 1.38 bits per heavy atom. The molecule has 10 heteroatoms. The second-order valence-electron chi connectivity index (χ2n) is 10.1. The molecule has 42 heavy (non-hydrogen) atoms. The first-order valence-corrected chi connectivity index (χ1v) is 15.4. The minimum atomic E-state index is -4.16. The van der Waals surface area contributed by atoms with Gasteiger partial charge in [-0.05, 0) is 80.8 Å². The summed E-state index contributed by atoms with van der Waals surface area (Å²) < 4.78 is 39.5. The van der Waals surface area contributed by atoms with Crippen molar-refractivity contribution < 1.29 is 27.5 Å². The van der Waals surface area contributed by atoms with Crippen molar-refractivity contribution in [1.29, 1.82) is 0 Å². The Hall–Kier alpha value is -4.05. The minimum Gasteiger partial charge on any atom is -0.497 e. The van der Waals surface area contributed by atoms with Crippen LogP contribution in [0.15, 0.2) is 77.7 Å². The summed E-state index contributed by atoms with van der Waals surface area (Å²) in [5, 5.41) is 2.98. The molecule has 0 aliphatic rings. The van der Waals surface area contributed by atoms with Gasteiger partial charge >= 0.3 is 0 Å². The van der Waals surface area contributed by atoms with Gasteiger partial charge in [0, 0.05) is 12.6 Å². The van der Waals surface area contributed by atoms with E-state index in [9.17, 15) is 18.0 Å². The van der Waals surface area contributed by atoms with Gasteiger partial charge in [0.1, 0.15) is 24.1 Å². The Morgan fingerprint density at radius 3 is 1.88 bits per heavy atom. The average Bonchev–Trinajstić information content (AvgIpc) is 3.00. The first kappa shape index (κ1) is 32.5. The zero-order valence-corrected chi connectivity index (χ0v) is 26.0. The molecule has 2 amide bonds. The van der Waals surface area contributed by atoms with Gasteiger partial charge in [0.15, 0.2) is 0 Å². The molecule has 2 atom stereocenters. The predicted molar refractivity (Wildman–Crippen MR) is 164 cm³/mol. The van der Waals surface area contributed by atoms with Crippen molar-refractivity contribution >= 4 is 27.5 Å². The fourth-order valence-corrected chi connectivity index (χ4v) is 5.82. The summed E-state index contributed by atoms with van der Waals surface area (Å²) in [4.78, 5) is 29.0. The lowest BCUT2D eigenvalue weighted by Gasteiger charge is -2.33. The molecular weight excluding hydrogens is 554 g/mol. The lowest BCUT2D eigenvalue weighted by atomic mass is 10.1. The fourth-order valence-electron chi connectivity index (χ4n) is 4.40. The highest BCUT2D eigenvalue weighted by atomic mass is 32.2. The maximum atomic E-state index is 14.2. The van der Waals surface area contributed by atoms with E-state index in [-0.39, 0.29) is 23.4 Å². The molecule has 3 aromatic carbocycles. The normalized spacial score (nSPS) is 12.6. The number of methoxy groups -OCH3 is 2. The number of nitrogens with zero attached hydrogens (tertiary/aromatic N) is 2. The summed E-state index contributed by atoms with van der Waals surface area (Å²) in [6.45, 7) is 7.22. The molecule has 0 spiro atoms. The van der Waals surface area contributed by atoms with Crippen LogP contribution in [0.1, 0.15) is 44.7 Å². The van der Waals surface area contributed by atoms with Gasteiger partial charge < -0.3 is 19.7 Å². The highest BCUT2D eigenvalue weighted by Crippen LogP contribution is 2.26. The minimum absolute atomic E-state index is 0.0138. The SMILES string of the molecule is CC[C@H](C)NC(=O)[C@H](CC)N(Cc1ccc(OC)cc1)C(=O)CN(c1ccc(C)cc1)S(=O)(=O)c1ccc(OC)cc1. The number of benzene rings is 3. The van der Waals surface area contributed by atoms with Gasteiger partial charge in [-0.1, -0.05) is 43.7 Å². The summed E-state index contributed by atoms with van der Waals surface area (Å²) in [6.07, 6.45) is 1.08. The summed E-state index contributed by atoms with van der Waals surface area (Å²) >= 11 is 0. The molecule has 9 nitrogen and oxygen atoms in total. The first-order chi connectivity index (χ1) is 20.0. The molecule has 0 fully saturated rings. The fraction of sp³-hybridized carbons (Fsp3) is 0.375. The lowest BCUT2D eigenvalue weighted by molar-refractivity contribution is -0.140. The standard InChI is InChI=1S/C32H41N3O6S/c1-7-24(4)33-32(37)30(8-2)34(21-25-11-15-27(40-5)16-12-25)31(36)22-35(26-13-9-23(3)10-14-26)42(38,39)29-19-17-28(41-6)18-20-29/h9-20,24,30H,7-8,21-22H2,1-6H3,(H,33,37)/t24-,30-/m0/s1. The van der Waals surface area contributed by atoms with E-state index in [1.54, 1.807) is 55.6 Å². The molecule has 3 aromatic rings. The number of carbonyl (C=O) groups is 2. The number of sulfonamides is 1. The molecule has 226 valence electrons. The highest BCUT2D eigenvalue weighted by Gasteiger charge is 2.34. The van der Waals surface area contributed by atoms with Gasteiger partial charge in [-0.3, -0.25) is 13.9 Å². The van der Waals surface area contributed by atoms with Crippen LogP contribution in [0.25, 0.3) is 0 Å². The molecule has 1 N–H and O–H groups in total. The van der Waals surface area contributed by atoms with Crippen LogP contribution in [0.2, 0.25) is 0 Å². The van der Waals surface area contributed by atoms with Gasteiger partial charge in [0.2, 0.25) is 11.8 Å². The van der Waals surface area contributed by atoms with E-state index in [1.807, 2.05) is 39.8 Å². The maximum absolute atomic E-state index is 14.2. The van der Waals surface area contributed by atoms with Gasteiger partial charge in [0.05, 0.1) is 24.8 Å². The zero-order chi connectivity index (χ0) is 30.9. The Morgan fingerprint density at radius 1 is 0.833 bits per heavy atom. The number of ether oxygens (including phenoxy) is 2. The van der Waals surface area contributed by atoms with Gasteiger partial charge in [-0.2, -0.15) is 0 Å². The number of carbonyl (C=O) groups excluding carboxylic acids is 2. The molecule has 0 unspecified atom stereocenters. The van der Waals surface area contributed by atoms with E-state index in [2.05, 4.69) is 5.32 Å². The molecule has 0 aliphatic carbocycles. The van der Waals surface area contributed by atoms with Crippen LogP contribution in [0.4, 0.5) is 5.69 Å². The number of hydrogen-bond donors (Lipinski definition) is 1. The Balaban J connectivity index is 2.05. The molecule has 0 aromatic heterocycles. The highest BCUT2D eigenvalue weighted by molar-refractivity contribution is 7.92. The summed E-state index contributed by atoms with van der Waals surface area (Å²) in [7, 11) is -1.10. The number of nitrogens with one attached hydrogen (secondary N) is 1. The molecule has 0 saturated carbocycles. The van der Waals surface area contributed by atoms with Crippen LogP contribution in [-0.4, -0.2) is 58.0 Å². The van der Waals surface area contributed by atoms with E-state index < -0.39 is 28.5 Å². The molecule has 0 radical (unpaired) electrons. The summed E-state index contributed by atoms with van der Waals surface area (Å²) in [6, 6.07) is 19.3. The van der Waals surface area contributed by atoms with E-state index in [1.165, 1.54) is 24.1 Å².